The van der Waals surface area contributed by atoms with Crippen LogP contribution in [0.1, 0.15) is 24.1 Å². The average molecular weight is 377 g/mol. The second-order valence-electron chi connectivity index (χ2n) is 7.72. The van der Waals surface area contributed by atoms with Crippen molar-refractivity contribution in [2.24, 2.45) is 0 Å². The number of aromatic nitrogens is 2. The highest BCUT2D eigenvalue weighted by molar-refractivity contribution is 5.88. The van der Waals surface area contributed by atoms with E-state index in [1.165, 1.54) is 0 Å². The lowest BCUT2D eigenvalue weighted by Crippen LogP contribution is -2.49. The SMILES string of the molecule is CN(CCc1ccccn1)[C@@H]1CCCN(C(=O)Cc2c[nH]c3ccccc23)C1. The van der Waals surface area contributed by atoms with E-state index in [1.54, 1.807) is 0 Å². The van der Waals surface area contributed by atoms with Crippen LogP contribution in [-0.4, -0.2) is 58.4 Å². The number of hydrogen-bond acceptors (Lipinski definition) is 3. The van der Waals surface area contributed by atoms with Gasteiger partial charge in [0.25, 0.3) is 0 Å². The monoisotopic (exact) mass is 376 g/mol. The third-order valence-corrected chi connectivity index (χ3v) is 5.84. The highest BCUT2D eigenvalue weighted by Gasteiger charge is 2.26. The summed E-state index contributed by atoms with van der Waals surface area (Å²) in [6.45, 7) is 2.65. The minimum Gasteiger partial charge on any atom is -0.361 e. The molecular formula is C23H28N4O. The van der Waals surface area contributed by atoms with E-state index in [0.717, 1.165) is 61.1 Å². The van der Waals surface area contributed by atoms with E-state index >= 15 is 0 Å². The largest absolute Gasteiger partial charge is 0.361 e. The maximum atomic E-state index is 12.9. The maximum Gasteiger partial charge on any atom is 0.227 e. The number of pyridine rings is 1. The summed E-state index contributed by atoms with van der Waals surface area (Å²) in [5, 5.41) is 1.15. The molecule has 1 aliphatic heterocycles. The number of nitrogens with one attached hydrogen (secondary N) is 1. The van der Waals surface area contributed by atoms with E-state index in [2.05, 4.69) is 40.1 Å². The summed E-state index contributed by atoms with van der Waals surface area (Å²) in [6, 6.07) is 14.7. The van der Waals surface area contributed by atoms with E-state index in [-0.39, 0.29) is 5.91 Å². The van der Waals surface area contributed by atoms with Crippen LogP contribution in [0.2, 0.25) is 0 Å². The molecule has 1 amide bonds. The first-order valence-corrected chi connectivity index (χ1v) is 10.1. The first kappa shape index (κ1) is 18.7. The molecule has 146 valence electrons. The summed E-state index contributed by atoms with van der Waals surface area (Å²) in [5.74, 6) is 0.229. The highest BCUT2D eigenvalue weighted by atomic mass is 16.2. The van der Waals surface area contributed by atoms with Crippen LogP contribution >= 0.6 is 0 Å². The summed E-state index contributed by atoms with van der Waals surface area (Å²) in [5.41, 5.74) is 3.31. The molecule has 1 fully saturated rings. The van der Waals surface area contributed by atoms with Crippen molar-refractivity contribution in [3.63, 3.8) is 0 Å². The molecule has 1 N–H and O–H groups in total. The maximum absolute atomic E-state index is 12.9. The number of aromatic amines is 1. The number of rotatable bonds is 6. The minimum absolute atomic E-state index is 0.229. The molecule has 2 aromatic heterocycles. The molecule has 3 aromatic rings. The van der Waals surface area contributed by atoms with Crippen molar-refractivity contribution in [1.82, 2.24) is 19.8 Å². The van der Waals surface area contributed by atoms with Crippen LogP contribution in [0.15, 0.2) is 54.9 Å². The molecule has 0 spiro atoms. The van der Waals surface area contributed by atoms with Gasteiger partial charge in [0.1, 0.15) is 0 Å². The molecule has 4 rings (SSSR count). The van der Waals surface area contributed by atoms with Crippen LogP contribution in [0.5, 0.6) is 0 Å². The third-order valence-electron chi connectivity index (χ3n) is 5.84. The van der Waals surface area contributed by atoms with Crippen molar-refractivity contribution in [1.29, 1.82) is 0 Å². The third kappa shape index (κ3) is 4.25. The Balaban J connectivity index is 1.34. The smallest absolute Gasteiger partial charge is 0.227 e. The van der Waals surface area contributed by atoms with Gasteiger partial charge in [-0.1, -0.05) is 24.3 Å². The molecule has 0 aliphatic carbocycles. The first-order chi connectivity index (χ1) is 13.7. The number of carbonyl (C=O) groups excluding carboxylic acids is 1. The molecule has 0 saturated carbocycles. The average Bonchev–Trinajstić information content (AvgIpc) is 3.16. The van der Waals surface area contributed by atoms with E-state index in [9.17, 15) is 4.79 Å². The molecule has 1 aromatic carbocycles. The van der Waals surface area contributed by atoms with Gasteiger partial charge in [-0.3, -0.25) is 9.78 Å². The Kier molecular flexibility index (Phi) is 5.72. The van der Waals surface area contributed by atoms with Crippen LogP contribution in [0, 0.1) is 0 Å². The number of hydrogen-bond donors (Lipinski definition) is 1. The second kappa shape index (κ2) is 8.57. The number of likely N-dealkylation sites (tertiary alicyclic amines) is 1. The number of H-pyrrole nitrogens is 1. The number of nitrogens with zero attached hydrogens (tertiary/aromatic N) is 3. The Labute approximate surface area is 166 Å². The number of para-hydroxylation sites is 1. The van der Waals surface area contributed by atoms with Gasteiger partial charge in [0.2, 0.25) is 5.91 Å². The van der Waals surface area contributed by atoms with Gasteiger partial charge < -0.3 is 14.8 Å². The zero-order valence-corrected chi connectivity index (χ0v) is 16.5. The normalized spacial score (nSPS) is 17.4. The molecule has 0 unspecified atom stereocenters. The Morgan fingerprint density at radius 1 is 1.25 bits per heavy atom. The molecule has 0 bridgehead atoms. The van der Waals surface area contributed by atoms with E-state index in [4.69, 9.17) is 0 Å². The van der Waals surface area contributed by atoms with Crippen molar-refractivity contribution < 1.29 is 4.79 Å². The zero-order valence-electron chi connectivity index (χ0n) is 16.5. The molecule has 5 heteroatoms. The Hall–Kier alpha value is -2.66. The summed E-state index contributed by atoms with van der Waals surface area (Å²) >= 11 is 0. The van der Waals surface area contributed by atoms with Crippen LogP contribution in [0.4, 0.5) is 0 Å². The number of likely N-dealkylation sites (N-methyl/N-ethyl adjacent to an activating group) is 1. The minimum atomic E-state index is 0.229. The van der Waals surface area contributed by atoms with Crippen molar-refractivity contribution in [3.8, 4) is 0 Å². The van der Waals surface area contributed by atoms with Crippen molar-refractivity contribution in [2.75, 3.05) is 26.7 Å². The number of amides is 1. The molecular weight excluding hydrogens is 348 g/mol. The van der Waals surface area contributed by atoms with Gasteiger partial charge in [-0.25, -0.2) is 0 Å². The number of carbonyl (C=O) groups is 1. The van der Waals surface area contributed by atoms with Crippen LogP contribution in [0.3, 0.4) is 0 Å². The summed E-state index contributed by atoms with van der Waals surface area (Å²) < 4.78 is 0. The van der Waals surface area contributed by atoms with E-state index < -0.39 is 0 Å². The molecule has 28 heavy (non-hydrogen) atoms. The van der Waals surface area contributed by atoms with Crippen molar-refractivity contribution >= 4 is 16.8 Å². The number of fused-ring (bicyclic) bond motifs is 1. The standard InChI is InChI=1S/C23H28N4O/c1-26(14-11-19-7-4-5-12-24-19)20-8-6-13-27(17-20)23(28)15-18-16-25-22-10-3-2-9-21(18)22/h2-5,7,9-10,12,16,20,25H,6,8,11,13-15,17H2,1H3/t20-/m1/s1. The first-order valence-electron chi connectivity index (χ1n) is 10.1. The topological polar surface area (TPSA) is 52.2 Å². The second-order valence-corrected chi connectivity index (χ2v) is 7.72. The molecule has 5 nitrogen and oxygen atoms in total. The van der Waals surface area contributed by atoms with Gasteiger partial charge in [-0.15, -0.1) is 0 Å². The van der Waals surface area contributed by atoms with Crippen LogP contribution < -0.4 is 0 Å². The summed E-state index contributed by atoms with van der Waals surface area (Å²) in [6.07, 6.45) is 7.45. The summed E-state index contributed by atoms with van der Waals surface area (Å²) in [7, 11) is 2.17. The molecule has 0 radical (unpaired) electrons. The van der Waals surface area contributed by atoms with Crippen molar-refractivity contribution in [2.45, 2.75) is 31.7 Å². The van der Waals surface area contributed by atoms with Gasteiger partial charge in [0.05, 0.1) is 6.42 Å². The summed E-state index contributed by atoms with van der Waals surface area (Å²) in [4.78, 5) is 25.1. The lowest BCUT2D eigenvalue weighted by molar-refractivity contribution is -0.132. The van der Waals surface area contributed by atoms with Gasteiger partial charge in [-0.05, 0) is 43.7 Å². The number of benzene rings is 1. The predicted octanol–water partition coefficient (Wildman–Crippen LogP) is 3.27. The van der Waals surface area contributed by atoms with E-state index in [0.29, 0.717) is 12.5 Å². The Morgan fingerprint density at radius 2 is 2.11 bits per heavy atom. The van der Waals surface area contributed by atoms with Gasteiger partial charge in [0, 0.05) is 61.1 Å². The van der Waals surface area contributed by atoms with Crippen molar-refractivity contribution in [3.05, 3.63) is 66.1 Å². The number of piperidine rings is 1. The van der Waals surface area contributed by atoms with Gasteiger partial charge in [-0.2, -0.15) is 0 Å². The fourth-order valence-corrected chi connectivity index (χ4v) is 4.11. The predicted molar refractivity (Wildman–Crippen MR) is 112 cm³/mol. The lowest BCUT2D eigenvalue weighted by atomic mass is 10.0. The Bertz CT molecular complexity index is 921. The van der Waals surface area contributed by atoms with Gasteiger partial charge in [0.15, 0.2) is 0 Å². The fourth-order valence-electron chi connectivity index (χ4n) is 4.11. The zero-order chi connectivity index (χ0) is 19.3. The molecule has 3 heterocycles. The van der Waals surface area contributed by atoms with Gasteiger partial charge >= 0.3 is 0 Å². The van der Waals surface area contributed by atoms with E-state index in [1.807, 2.05) is 41.6 Å². The molecule has 1 aliphatic rings. The van der Waals surface area contributed by atoms with Crippen LogP contribution in [-0.2, 0) is 17.6 Å². The fraction of sp³-hybridized carbons (Fsp3) is 0.391. The Morgan fingerprint density at radius 3 is 2.96 bits per heavy atom. The molecule has 1 atom stereocenters. The quantitative estimate of drug-likeness (QED) is 0.718. The van der Waals surface area contributed by atoms with Crippen LogP contribution in [0.25, 0.3) is 10.9 Å². The highest BCUT2D eigenvalue weighted by Crippen LogP contribution is 2.21. The molecule has 1 saturated heterocycles. The lowest BCUT2D eigenvalue weighted by Gasteiger charge is -2.37.